The molecule has 1 saturated heterocycles. The van der Waals surface area contributed by atoms with Gasteiger partial charge >= 0.3 is 0 Å². The molecule has 0 aliphatic carbocycles. The average molecular weight is 301 g/mol. The molecule has 1 aromatic carbocycles. The Bertz CT molecular complexity index is 644. The van der Waals surface area contributed by atoms with Crippen molar-refractivity contribution in [3.8, 4) is 0 Å². The van der Waals surface area contributed by atoms with Gasteiger partial charge in [-0.1, -0.05) is 0 Å². The minimum absolute atomic E-state index is 0.136. The Kier molecular flexibility index (Phi) is 4.06. The van der Waals surface area contributed by atoms with E-state index in [0.717, 1.165) is 49.8 Å². The molecule has 0 amide bonds. The molecule has 1 aromatic heterocycles. The van der Waals surface area contributed by atoms with E-state index in [0.29, 0.717) is 0 Å². The summed E-state index contributed by atoms with van der Waals surface area (Å²) < 4.78 is 0. The van der Waals surface area contributed by atoms with Gasteiger partial charge in [0, 0.05) is 56.2 Å². The first-order valence-corrected chi connectivity index (χ1v) is 7.34. The van der Waals surface area contributed by atoms with Gasteiger partial charge in [-0.2, -0.15) is 0 Å². The Morgan fingerprint density at radius 3 is 2.45 bits per heavy atom. The summed E-state index contributed by atoms with van der Waals surface area (Å²) in [5, 5.41) is 10.7. The molecular formula is C15H19N5O2. The predicted molar refractivity (Wildman–Crippen MR) is 83.9 cm³/mol. The molecule has 7 nitrogen and oxygen atoms in total. The summed E-state index contributed by atoms with van der Waals surface area (Å²) in [4.78, 5) is 22.4. The van der Waals surface area contributed by atoms with Crippen LogP contribution in [-0.4, -0.2) is 46.0 Å². The number of aromatic amines is 1. The monoisotopic (exact) mass is 301 g/mol. The third kappa shape index (κ3) is 3.09. The van der Waals surface area contributed by atoms with E-state index in [4.69, 9.17) is 0 Å². The van der Waals surface area contributed by atoms with Crippen molar-refractivity contribution in [1.29, 1.82) is 0 Å². The number of rotatable bonds is 4. The summed E-state index contributed by atoms with van der Waals surface area (Å²) in [5.41, 5.74) is 3.40. The van der Waals surface area contributed by atoms with Gasteiger partial charge in [0.25, 0.3) is 5.69 Å². The number of H-pyrrole nitrogens is 1. The maximum absolute atomic E-state index is 10.7. The molecule has 3 rings (SSSR count). The molecule has 0 radical (unpaired) electrons. The number of piperazine rings is 1. The van der Waals surface area contributed by atoms with Crippen LogP contribution in [0.2, 0.25) is 0 Å². The number of hydrogen-bond donors (Lipinski definition) is 1. The number of nitrogens with one attached hydrogen (secondary N) is 1. The van der Waals surface area contributed by atoms with Crippen molar-refractivity contribution in [2.75, 3.05) is 31.1 Å². The molecule has 7 heteroatoms. The third-order valence-electron chi connectivity index (χ3n) is 4.11. The summed E-state index contributed by atoms with van der Waals surface area (Å²) >= 11 is 0. The summed E-state index contributed by atoms with van der Waals surface area (Å²) in [6, 6.07) is 6.78. The van der Waals surface area contributed by atoms with E-state index in [1.165, 1.54) is 0 Å². The summed E-state index contributed by atoms with van der Waals surface area (Å²) in [6.07, 6.45) is 1.73. The Hall–Kier alpha value is -2.41. The third-order valence-corrected chi connectivity index (χ3v) is 4.11. The lowest BCUT2D eigenvalue weighted by molar-refractivity contribution is -0.384. The van der Waals surface area contributed by atoms with Crippen molar-refractivity contribution in [2.24, 2.45) is 0 Å². The maximum atomic E-state index is 10.7. The van der Waals surface area contributed by atoms with Crippen LogP contribution in [0.3, 0.4) is 0 Å². The number of anilines is 1. The molecule has 0 spiro atoms. The Labute approximate surface area is 128 Å². The second kappa shape index (κ2) is 6.15. The zero-order valence-corrected chi connectivity index (χ0v) is 12.5. The van der Waals surface area contributed by atoms with Crippen LogP contribution in [0.1, 0.15) is 11.4 Å². The van der Waals surface area contributed by atoms with Crippen molar-refractivity contribution >= 4 is 11.4 Å². The molecular weight excluding hydrogens is 282 g/mol. The van der Waals surface area contributed by atoms with E-state index in [2.05, 4.69) is 19.8 Å². The first-order chi connectivity index (χ1) is 10.6. The quantitative estimate of drug-likeness (QED) is 0.690. The van der Waals surface area contributed by atoms with E-state index in [-0.39, 0.29) is 10.6 Å². The number of nitro benzene ring substituents is 1. The van der Waals surface area contributed by atoms with Gasteiger partial charge in [-0.15, -0.1) is 0 Å². The fraction of sp³-hybridized carbons (Fsp3) is 0.400. The molecule has 116 valence electrons. The fourth-order valence-electron chi connectivity index (χ4n) is 2.71. The van der Waals surface area contributed by atoms with Crippen LogP contribution >= 0.6 is 0 Å². The van der Waals surface area contributed by atoms with Crippen LogP contribution in [0, 0.1) is 17.0 Å². The van der Waals surface area contributed by atoms with Gasteiger partial charge in [-0.25, -0.2) is 4.98 Å². The molecule has 0 bridgehead atoms. The largest absolute Gasteiger partial charge is 0.369 e. The minimum atomic E-state index is -0.367. The van der Waals surface area contributed by atoms with E-state index < -0.39 is 0 Å². The van der Waals surface area contributed by atoms with Gasteiger partial charge in [0.2, 0.25) is 0 Å². The summed E-state index contributed by atoms with van der Waals surface area (Å²) in [7, 11) is 0. The van der Waals surface area contributed by atoms with Crippen LogP contribution in [0.15, 0.2) is 30.6 Å². The van der Waals surface area contributed by atoms with Gasteiger partial charge in [0.05, 0.1) is 16.9 Å². The Morgan fingerprint density at radius 2 is 1.91 bits per heavy atom. The van der Waals surface area contributed by atoms with Gasteiger partial charge in [0.15, 0.2) is 0 Å². The Balaban J connectivity index is 1.57. The molecule has 1 aliphatic heterocycles. The molecule has 0 atom stereocenters. The topological polar surface area (TPSA) is 78.3 Å². The van der Waals surface area contributed by atoms with Crippen LogP contribution in [0.25, 0.3) is 0 Å². The van der Waals surface area contributed by atoms with Crippen molar-refractivity contribution in [2.45, 2.75) is 13.5 Å². The average Bonchev–Trinajstić information content (AvgIpc) is 2.93. The first-order valence-electron chi connectivity index (χ1n) is 7.34. The first kappa shape index (κ1) is 14.5. The lowest BCUT2D eigenvalue weighted by Gasteiger charge is -2.35. The van der Waals surface area contributed by atoms with E-state index in [1.807, 2.05) is 19.1 Å². The van der Waals surface area contributed by atoms with Gasteiger partial charge in [0.1, 0.15) is 0 Å². The SMILES string of the molecule is Cc1[nH]cnc1CN1CCN(c2ccc([N+](=O)[O-])cc2)CC1. The second-order valence-electron chi connectivity index (χ2n) is 5.51. The van der Waals surface area contributed by atoms with Crippen LogP contribution in [0.5, 0.6) is 0 Å². The fourth-order valence-corrected chi connectivity index (χ4v) is 2.71. The molecule has 2 aromatic rings. The smallest absolute Gasteiger partial charge is 0.269 e. The van der Waals surface area contributed by atoms with Crippen molar-refractivity contribution in [1.82, 2.24) is 14.9 Å². The van der Waals surface area contributed by atoms with Gasteiger partial charge in [-0.3, -0.25) is 15.0 Å². The van der Waals surface area contributed by atoms with Crippen molar-refractivity contribution in [3.05, 3.63) is 52.1 Å². The predicted octanol–water partition coefficient (Wildman–Crippen LogP) is 1.95. The van der Waals surface area contributed by atoms with E-state index in [9.17, 15) is 10.1 Å². The molecule has 0 unspecified atom stereocenters. The second-order valence-corrected chi connectivity index (χ2v) is 5.51. The number of imidazole rings is 1. The standard InChI is InChI=1S/C15H19N5O2/c1-12-15(17-11-16-12)10-18-6-8-19(9-7-18)13-2-4-14(5-3-13)20(21)22/h2-5,11H,6-10H2,1H3,(H,16,17). The number of aromatic nitrogens is 2. The highest BCUT2D eigenvalue weighted by molar-refractivity contribution is 5.51. The van der Waals surface area contributed by atoms with Gasteiger partial charge in [-0.05, 0) is 19.1 Å². The highest BCUT2D eigenvalue weighted by atomic mass is 16.6. The molecule has 1 aliphatic rings. The normalized spacial score (nSPS) is 16.0. The molecule has 2 heterocycles. The zero-order valence-electron chi connectivity index (χ0n) is 12.5. The zero-order chi connectivity index (χ0) is 15.5. The highest BCUT2D eigenvalue weighted by Gasteiger charge is 2.19. The molecule has 22 heavy (non-hydrogen) atoms. The Morgan fingerprint density at radius 1 is 1.23 bits per heavy atom. The molecule has 1 fully saturated rings. The maximum Gasteiger partial charge on any atom is 0.269 e. The number of nitro groups is 1. The number of benzene rings is 1. The minimum Gasteiger partial charge on any atom is -0.369 e. The van der Waals surface area contributed by atoms with E-state index >= 15 is 0 Å². The highest BCUT2D eigenvalue weighted by Crippen LogP contribution is 2.21. The van der Waals surface area contributed by atoms with Crippen molar-refractivity contribution < 1.29 is 4.92 Å². The van der Waals surface area contributed by atoms with Crippen LogP contribution < -0.4 is 4.90 Å². The summed E-state index contributed by atoms with van der Waals surface area (Å²) in [6.45, 7) is 6.66. The molecule has 1 N–H and O–H groups in total. The lowest BCUT2D eigenvalue weighted by Crippen LogP contribution is -2.46. The van der Waals surface area contributed by atoms with E-state index in [1.54, 1.807) is 18.5 Å². The number of non-ortho nitro benzene ring substituents is 1. The number of nitrogens with zero attached hydrogens (tertiary/aromatic N) is 4. The number of hydrogen-bond acceptors (Lipinski definition) is 5. The van der Waals surface area contributed by atoms with Gasteiger partial charge < -0.3 is 9.88 Å². The van der Waals surface area contributed by atoms with Crippen molar-refractivity contribution in [3.63, 3.8) is 0 Å². The van der Waals surface area contributed by atoms with Crippen LogP contribution in [0.4, 0.5) is 11.4 Å². The molecule has 0 saturated carbocycles. The summed E-state index contributed by atoms with van der Waals surface area (Å²) in [5.74, 6) is 0. The van der Waals surface area contributed by atoms with Crippen LogP contribution in [-0.2, 0) is 6.54 Å². The lowest BCUT2D eigenvalue weighted by atomic mass is 10.2. The number of aryl methyl sites for hydroxylation is 1.